The Bertz CT molecular complexity index is 1080. The number of ether oxygens (including phenoxy) is 1. The number of halogens is 1. The quantitative estimate of drug-likeness (QED) is 0.275. The van der Waals surface area contributed by atoms with Gasteiger partial charge in [-0.3, -0.25) is 0 Å². The lowest BCUT2D eigenvalue weighted by Crippen LogP contribution is -2.08. The summed E-state index contributed by atoms with van der Waals surface area (Å²) < 4.78 is 5.28. The smallest absolute Gasteiger partial charge is 0.349 e. The van der Waals surface area contributed by atoms with Gasteiger partial charge in [-0.2, -0.15) is 5.26 Å². The fourth-order valence-corrected chi connectivity index (χ4v) is 2.83. The topological polar surface area (TPSA) is 66.2 Å². The highest BCUT2D eigenvalue weighted by atomic mass is 35.5. The maximum absolute atomic E-state index is 12.3. The molecule has 5 nitrogen and oxygen atoms in total. The van der Waals surface area contributed by atoms with Gasteiger partial charge in [-0.1, -0.05) is 41.9 Å². The van der Waals surface area contributed by atoms with Crippen molar-refractivity contribution in [2.24, 2.45) is 0 Å². The third kappa shape index (κ3) is 4.48. The molecule has 0 unspecified atom stereocenters. The minimum atomic E-state index is -0.705. The number of para-hydroxylation sites is 1. The zero-order chi connectivity index (χ0) is 20.1. The molecular weight excluding hydrogens is 374 g/mol. The van der Waals surface area contributed by atoms with Crippen LogP contribution in [0.15, 0.2) is 60.2 Å². The van der Waals surface area contributed by atoms with Gasteiger partial charge in [0.05, 0.1) is 5.52 Å². The molecule has 0 aliphatic carbocycles. The summed E-state index contributed by atoms with van der Waals surface area (Å²) in [6, 6.07) is 18.7. The number of nitriles is 1. The van der Waals surface area contributed by atoms with Crippen LogP contribution in [0.25, 0.3) is 17.0 Å². The van der Waals surface area contributed by atoms with Crippen LogP contribution >= 0.6 is 11.6 Å². The summed E-state index contributed by atoms with van der Waals surface area (Å²) in [5, 5.41) is 10.5. The van der Waals surface area contributed by atoms with Gasteiger partial charge < -0.3 is 9.64 Å². The first-order valence-electron chi connectivity index (χ1n) is 8.58. The van der Waals surface area contributed by atoms with Crippen molar-refractivity contribution >= 4 is 40.2 Å². The Kier molecular flexibility index (Phi) is 5.93. The van der Waals surface area contributed by atoms with Crippen LogP contribution in [0.3, 0.4) is 0 Å². The highest BCUT2D eigenvalue weighted by molar-refractivity contribution is 6.30. The molecule has 1 aromatic heterocycles. The molecule has 0 aliphatic heterocycles. The molecule has 140 valence electrons. The summed E-state index contributed by atoms with van der Waals surface area (Å²) in [5.41, 5.74) is 3.03. The van der Waals surface area contributed by atoms with Crippen molar-refractivity contribution < 1.29 is 9.53 Å². The Labute approximate surface area is 168 Å². The fourth-order valence-electron chi connectivity index (χ4n) is 2.63. The number of carbonyl (C=O) groups excluding carboxylic acids is 1. The first-order valence-corrected chi connectivity index (χ1v) is 8.96. The van der Waals surface area contributed by atoms with Crippen LogP contribution in [0, 0.1) is 11.3 Å². The van der Waals surface area contributed by atoms with Crippen LogP contribution in [0.2, 0.25) is 5.15 Å². The lowest BCUT2D eigenvalue weighted by molar-refractivity contribution is -0.139. The van der Waals surface area contributed by atoms with Crippen molar-refractivity contribution in [1.29, 1.82) is 5.26 Å². The molecule has 0 fully saturated rings. The second kappa shape index (κ2) is 8.55. The third-order valence-electron chi connectivity index (χ3n) is 4.17. The Morgan fingerprint density at radius 1 is 1.21 bits per heavy atom. The van der Waals surface area contributed by atoms with E-state index in [4.69, 9.17) is 16.3 Å². The van der Waals surface area contributed by atoms with Crippen LogP contribution in [-0.4, -0.2) is 25.0 Å². The number of benzene rings is 2. The first kappa shape index (κ1) is 19.4. The van der Waals surface area contributed by atoms with E-state index in [1.54, 1.807) is 0 Å². The predicted octanol–water partition coefficient (Wildman–Crippen LogP) is 4.60. The molecule has 0 amide bonds. The van der Waals surface area contributed by atoms with E-state index in [9.17, 15) is 10.1 Å². The van der Waals surface area contributed by atoms with Gasteiger partial charge in [0.15, 0.2) is 0 Å². The van der Waals surface area contributed by atoms with Gasteiger partial charge in [-0.25, -0.2) is 9.78 Å². The minimum Gasteiger partial charge on any atom is -0.457 e. The van der Waals surface area contributed by atoms with E-state index in [2.05, 4.69) is 4.98 Å². The molecule has 0 bridgehead atoms. The Morgan fingerprint density at radius 2 is 1.93 bits per heavy atom. The van der Waals surface area contributed by atoms with Gasteiger partial charge in [-0.15, -0.1) is 0 Å². The summed E-state index contributed by atoms with van der Waals surface area (Å²) in [5.74, 6) is -0.705. The third-order valence-corrected chi connectivity index (χ3v) is 4.50. The van der Waals surface area contributed by atoms with Crippen LogP contribution < -0.4 is 4.90 Å². The number of hydrogen-bond donors (Lipinski definition) is 0. The maximum atomic E-state index is 12.3. The van der Waals surface area contributed by atoms with E-state index in [0.29, 0.717) is 5.56 Å². The average molecular weight is 392 g/mol. The average Bonchev–Trinajstić information content (AvgIpc) is 2.70. The van der Waals surface area contributed by atoms with Crippen molar-refractivity contribution in [1.82, 2.24) is 4.98 Å². The molecule has 0 spiro atoms. The summed E-state index contributed by atoms with van der Waals surface area (Å²) in [6.45, 7) is -0.0614. The van der Waals surface area contributed by atoms with E-state index in [-0.39, 0.29) is 17.3 Å². The second-order valence-electron chi connectivity index (χ2n) is 6.36. The Balaban J connectivity index is 1.74. The summed E-state index contributed by atoms with van der Waals surface area (Å²) in [4.78, 5) is 18.6. The number of pyridine rings is 1. The largest absolute Gasteiger partial charge is 0.457 e. The van der Waals surface area contributed by atoms with Crippen molar-refractivity contribution in [3.8, 4) is 6.07 Å². The standard InChI is InChI=1S/C22H18ClN3O2/c1-26(2)19-9-7-15(8-10-19)11-17(13-24)22(27)28-14-18-12-16-5-3-4-6-20(16)25-21(18)23/h3-12H,14H2,1-2H3/b17-11+. The van der Waals surface area contributed by atoms with Crippen LogP contribution in [0.4, 0.5) is 5.69 Å². The molecule has 3 rings (SSSR count). The molecule has 0 saturated carbocycles. The van der Waals surface area contributed by atoms with Crippen LogP contribution in [0.5, 0.6) is 0 Å². The monoisotopic (exact) mass is 391 g/mol. The van der Waals surface area contributed by atoms with E-state index < -0.39 is 5.97 Å². The number of esters is 1. The number of hydrogen-bond acceptors (Lipinski definition) is 5. The molecule has 0 radical (unpaired) electrons. The van der Waals surface area contributed by atoms with Gasteiger partial charge in [0.1, 0.15) is 23.4 Å². The zero-order valence-corrected chi connectivity index (χ0v) is 16.3. The van der Waals surface area contributed by atoms with Crippen molar-refractivity contribution in [3.05, 3.63) is 76.5 Å². The molecule has 0 atom stereocenters. The van der Waals surface area contributed by atoms with E-state index in [1.165, 1.54) is 6.08 Å². The molecule has 0 aliphatic rings. The predicted molar refractivity (Wildman–Crippen MR) is 111 cm³/mol. The van der Waals surface area contributed by atoms with Gasteiger partial charge in [0, 0.05) is 30.7 Å². The minimum absolute atomic E-state index is 0.0614. The fraction of sp³-hybridized carbons (Fsp3) is 0.136. The first-order chi connectivity index (χ1) is 13.5. The van der Waals surface area contributed by atoms with Crippen molar-refractivity contribution in [2.45, 2.75) is 6.61 Å². The number of anilines is 1. The summed E-state index contributed by atoms with van der Waals surface area (Å²) >= 11 is 6.18. The molecule has 6 heteroatoms. The SMILES string of the molecule is CN(C)c1ccc(/C=C(\C#N)C(=O)OCc2cc3ccccc3nc2Cl)cc1. The second-order valence-corrected chi connectivity index (χ2v) is 6.72. The zero-order valence-electron chi connectivity index (χ0n) is 15.5. The van der Waals surface area contributed by atoms with Crippen molar-refractivity contribution in [3.63, 3.8) is 0 Å². The lowest BCUT2D eigenvalue weighted by atomic mass is 10.1. The summed E-state index contributed by atoms with van der Waals surface area (Å²) in [7, 11) is 3.88. The molecule has 28 heavy (non-hydrogen) atoms. The van der Waals surface area contributed by atoms with E-state index in [1.807, 2.05) is 79.7 Å². The maximum Gasteiger partial charge on any atom is 0.349 e. The molecule has 3 aromatic rings. The molecule has 2 aromatic carbocycles. The number of fused-ring (bicyclic) bond motifs is 1. The lowest BCUT2D eigenvalue weighted by Gasteiger charge is -2.12. The van der Waals surface area contributed by atoms with Gasteiger partial charge >= 0.3 is 5.97 Å². The molecular formula is C22H18ClN3O2. The number of aromatic nitrogens is 1. The van der Waals surface area contributed by atoms with Crippen LogP contribution in [0.1, 0.15) is 11.1 Å². The highest BCUT2D eigenvalue weighted by Gasteiger charge is 2.13. The van der Waals surface area contributed by atoms with E-state index in [0.717, 1.165) is 22.2 Å². The number of carbonyl (C=O) groups is 1. The van der Waals surface area contributed by atoms with Gasteiger partial charge in [0.2, 0.25) is 0 Å². The normalized spacial score (nSPS) is 11.1. The van der Waals surface area contributed by atoms with Gasteiger partial charge in [0.25, 0.3) is 0 Å². The number of nitrogens with zero attached hydrogens (tertiary/aromatic N) is 3. The molecule has 0 saturated heterocycles. The van der Waals surface area contributed by atoms with E-state index >= 15 is 0 Å². The molecule has 0 N–H and O–H groups in total. The highest BCUT2D eigenvalue weighted by Crippen LogP contribution is 2.22. The van der Waals surface area contributed by atoms with Crippen LogP contribution in [-0.2, 0) is 16.1 Å². The summed E-state index contributed by atoms with van der Waals surface area (Å²) in [6.07, 6.45) is 1.50. The Morgan fingerprint density at radius 3 is 2.61 bits per heavy atom. The van der Waals surface area contributed by atoms with Crippen molar-refractivity contribution in [2.75, 3.05) is 19.0 Å². The van der Waals surface area contributed by atoms with Gasteiger partial charge in [-0.05, 0) is 35.9 Å². The Hall–Kier alpha value is -3.36. The molecule has 1 heterocycles. The number of rotatable bonds is 5.